The maximum absolute atomic E-state index is 10.7. The lowest BCUT2D eigenvalue weighted by molar-refractivity contribution is 0.112. The van der Waals surface area contributed by atoms with Crippen LogP contribution in [0.5, 0.6) is 5.75 Å². The topological polar surface area (TPSA) is 66.4 Å². The van der Waals surface area contributed by atoms with Crippen LogP contribution in [0.15, 0.2) is 18.2 Å². The first-order valence-electron chi connectivity index (χ1n) is 3.52. The molecule has 0 aliphatic carbocycles. The van der Waals surface area contributed by atoms with E-state index in [-0.39, 0.29) is 5.75 Å². The number of carbonyl (C=O) groups excluding carboxylic acids is 1. The zero-order valence-corrected chi connectivity index (χ0v) is 7.80. The van der Waals surface area contributed by atoms with Crippen molar-refractivity contribution >= 4 is 23.0 Å². The number of rotatable bonds is 3. The van der Waals surface area contributed by atoms with Gasteiger partial charge in [0.25, 0.3) is 0 Å². The van der Waals surface area contributed by atoms with Gasteiger partial charge in [0.1, 0.15) is 23.0 Å². The Labute approximate surface area is 78.2 Å². The molecule has 0 amide bonds. The second kappa shape index (κ2) is 4.04. The second-order valence-electron chi connectivity index (χ2n) is 2.45. The third-order valence-electron chi connectivity index (χ3n) is 1.41. The maximum atomic E-state index is 10.7. The third-order valence-corrected chi connectivity index (χ3v) is 1.92. The lowest BCUT2D eigenvalue weighted by Gasteiger charge is -2.04. The number of carbonyl (C=O) groups is 1. The first-order chi connectivity index (χ1) is 6.13. The largest absolute Gasteiger partial charge is 0.506 e. The Balaban J connectivity index is 2.98. The van der Waals surface area contributed by atoms with Crippen molar-refractivity contribution in [2.75, 3.05) is 11.0 Å². The quantitative estimate of drug-likeness (QED) is 0.561. The maximum Gasteiger partial charge on any atom is 0.150 e. The summed E-state index contributed by atoms with van der Waals surface area (Å²) in [5.41, 5.74) is 0.733. The second-order valence-corrected chi connectivity index (χ2v) is 3.56. The number of phenols is 1. The Morgan fingerprint density at radius 2 is 2.23 bits per heavy atom. The summed E-state index contributed by atoms with van der Waals surface area (Å²) in [7, 11) is -1.23. The fourth-order valence-electron chi connectivity index (χ4n) is 0.863. The molecular weight excluding hydrogens is 190 g/mol. The van der Waals surface area contributed by atoms with Crippen LogP contribution in [0.25, 0.3) is 0 Å². The SMILES string of the molecule is CS(=O)Nc1ccc(C=O)cc1O. The normalized spacial score (nSPS) is 12.1. The summed E-state index contributed by atoms with van der Waals surface area (Å²) in [5.74, 6) is -0.0835. The molecule has 0 saturated heterocycles. The van der Waals surface area contributed by atoms with Crippen molar-refractivity contribution in [3.8, 4) is 5.75 Å². The van der Waals surface area contributed by atoms with Gasteiger partial charge in [-0.25, -0.2) is 4.21 Å². The number of benzene rings is 1. The monoisotopic (exact) mass is 199 g/mol. The van der Waals surface area contributed by atoms with E-state index < -0.39 is 11.0 Å². The van der Waals surface area contributed by atoms with Gasteiger partial charge >= 0.3 is 0 Å². The van der Waals surface area contributed by atoms with Gasteiger partial charge in [-0.3, -0.25) is 4.79 Å². The molecule has 5 heteroatoms. The molecule has 13 heavy (non-hydrogen) atoms. The zero-order chi connectivity index (χ0) is 9.84. The summed E-state index contributed by atoms with van der Waals surface area (Å²) in [4.78, 5) is 10.3. The first-order valence-corrected chi connectivity index (χ1v) is 5.07. The lowest BCUT2D eigenvalue weighted by atomic mass is 10.2. The van der Waals surface area contributed by atoms with Gasteiger partial charge in [0, 0.05) is 11.8 Å². The molecule has 0 saturated carbocycles. The van der Waals surface area contributed by atoms with E-state index in [9.17, 15) is 14.1 Å². The minimum atomic E-state index is -1.23. The van der Waals surface area contributed by atoms with E-state index in [4.69, 9.17) is 0 Å². The zero-order valence-electron chi connectivity index (χ0n) is 6.98. The van der Waals surface area contributed by atoms with Crippen LogP contribution in [-0.2, 0) is 11.0 Å². The number of nitrogens with one attached hydrogen (secondary N) is 1. The molecule has 1 atom stereocenters. The van der Waals surface area contributed by atoms with Gasteiger partial charge in [0.05, 0.1) is 5.69 Å². The Morgan fingerprint density at radius 3 is 2.69 bits per heavy atom. The van der Waals surface area contributed by atoms with Crippen molar-refractivity contribution in [3.05, 3.63) is 23.8 Å². The first kappa shape index (κ1) is 9.73. The summed E-state index contributed by atoms with van der Waals surface area (Å²) in [6.07, 6.45) is 2.08. The van der Waals surface area contributed by atoms with Crippen LogP contribution in [0, 0.1) is 0 Å². The summed E-state index contributed by atoms with van der Waals surface area (Å²) in [5, 5.41) is 9.32. The van der Waals surface area contributed by atoms with E-state index in [0.29, 0.717) is 17.5 Å². The highest BCUT2D eigenvalue weighted by atomic mass is 32.2. The molecule has 0 aromatic heterocycles. The van der Waals surface area contributed by atoms with E-state index >= 15 is 0 Å². The highest BCUT2D eigenvalue weighted by molar-refractivity contribution is 7.85. The number of phenolic OH excluding ortho intramolecular Hbond substituents is 1. The Bertz CT molecular complexity index is 351. The lowest BCUT2D eigenvalue weighted by Crippen LogP contribution is -2.01. The van der Waals surface area contributed by atoms with E-state index in [0.717, 1.165) is 0 Å². The van der Waals surface area contributed by atoms with Crippen molar-refractivity contribution in [3.63, 3.8) is 0 Å². The summed E-state index contributed by atoms with van der Waals surface area (Å²) in [6, 6.07) is 4.34. The van der Waals surface area contributed by atoms with E-state index in [1.807, 2.05) is 0 Å². The van der Waals surface area contributed by atoms with Crippen molar-refractivity contribution < 1.29 is 14.1 Å². The van der Waals surface area contributed by atoms with Crippen LogP contribution < -0.4 is 4.72 Å². The Morgan fingerprint density at radius 1 is 1.54 bits per heavy atom. The molecule has 1 aromatic carbocycles. The van der Waals surface area contributed by atoms with Crippen LogP contribution in [0.3, 0.4) is 0 Å². The Kier molecular flexibility index (Phi) is 3.02. The number of aldehydes is 1. The van der Waals surface area contributed by atoms with Gasteiger partial charge in [-0.15, -0.1) is 0 Å². The van der Waals surface area contributed by atoms with Gasteiger partial charge in [0.2, 0.25) is 0 Å². The molecule has 0 bridgehead atoms. The van der Waals surface area contributed by atoms with Gasteiger partial charge in [-0.05, 0) is 18.2 Å². The van der Waals surface area contributed by atoms with Crippen LogP contribution in [0.1, 0.15) is 10.4 Å². The molecule has 0 fully saturated rings. The summed E-state index contributed by atoms with van der Waals surface area (Å²) in [6.45, 7) is 0. The highest BCUT2D eigenvalue weighted by Crippen LogP contribution is 2.23. The molecule has 0 spiro atoms. The van der Waals surface area contributed by atoms with Crippen LogP contribution in [0.4, 0.5) is 5.69 Å². The molecule has 0 aliphatic heterocycles. The molecule has 70 valence electrons. The minimum Gasteiger partial charge on any atom is -0.506 e. The molecule has 0 radical (unpaired) electrons. The van der Waals surface area contributed by atoms with E-state index in [1.54, 1.807) is 0 Å². The number of hydrogen-bond acceptors (Lipinski definition) is 3. The average molecular weight is 199 g/mol. The minimum absolute atomic E-state index is 0.0835. The highest BCUT2D eigenvalue weighted by Gasteiger charge is 2.02. The van der Waals surface area contributed by atoms with Gasteiger partial charge < -0.3 is 9.83 Å². The predicted molar refractivity (Wildman–Crippen MR) is 51.2 cm³/mol. The smallest absolute Gasteiger partial charge is 0.150 e. The van der Waals surface area contributed by atoms with Crippen LogP contribution >= 0.6 is 0 Å². The molecule has 0 aliphatic rings. The number of anilines is 1. The van der Waals surface area contributed by atoms with Crippen LogP contribution in [-0.4, -0.2) is 21.9 Å². The van der Waals surface area contributed by atoms with Crippen LogP contribution in [0.2, 0.25) is 0 Å². The van der Waals surface area contributed by atoms with Gasteiger partial charge in [-0.1, -0.05) is 0 Å². The van der Waals surface area contributed by atoms with Crippen molar-refractivity contribution in [1.29, 1.82) is 0 Å². The van der Waals surface area contributed by atoms with E-state index in [2.05, 4.69) is 4.72 Å². The fourth-order valence-corrected chi connectivity index (χ4v) is 1.35. The molecule has 1 unspecified atom stereocenters. The van der Waals surface area contributed by atoms with E-state index in [1.165, 1.54) is 24.5 Å². The Hall–Kier alpha value is -1.36. The average Bonchev–Trinajstić information content (AvgIpc) is 2.08. The van der Waals surface area contributed by atoms with Gasteiger partial charge in [0.15, 0.2) is 0 Å². The predicted octanol–water partition coefficient (Wildman–Crippen LogP) is 0.910. The molecule has 1 rings (SSSR count). The third kappa shape index (κ3) is 2.55. The molecule has 0 heterocycles. The van der Waals surface area contributed by atoms with Crippen molar-refractivity contribution in [1.82, 2.24) is 0 Å². The standard InChI is InChI=1S/C8H9NO3S/c1-13(12)9-7-3-2-6(5-10)4-8(7)11/h2-5,9,11H,1H3. The molecular formula is C8H9NO3S. The molecule has 1 aromatic rings. The fraction of sp³-hybridized carbons (Fsp3) is 0.125. The van der Waals surface area contributed by atoms with Crippen molar-refractivity contribution in [2.24, 2.45) is 0 Å². The number of aromatic hydroxyl groups is 1. The number of hydrogen-bond donors (Lipinski definition) is 2. The van der Waals surface area contributed by atoms with Gasteiger partial charge in [-0.2, -0.15) is 0 Å². The molecule has 2 N–H and O–H groups in total. The molecule has 4 nitrogen and oxygen atoms in total. The summed E-state index contributed by atoms with van der Waals surface area (Å²) >= 11 is 0. The summed E-state index contributed by atoms with van der Waals surface area (Å²) < 4.78 is 13.3. The van der Waals surface area contributed by atoms with Crippen molar-refractivity contribution in [2.45, 2.75) is 0 Å².